The summed E-state index contributed by atoms with van der Waals surface area (Å²) in [4.78, 5) is 26.8. The van der Waals surface area contributed by atoms with Gasteiger partial charge in [-0.1, -0.05) is 24.1 Å². The lowest BCUT2D eigenvalue weighted by molar-refractivity contribution is 0.0736. The van der Waals surface area contributed by atoms with E-state index in [2.05, 4.69) is 67.9 Å². The molecule has 0 bridgehead atoms. The molecule has 1 amide bonds. The molecule has 3 aromatic heterocycles. The van der Waals surface area contributed by atoms with Crippen LogP contribution in [-0.2, 0) is 0 Å². The van der Waals surface area contributed by atoms with E-state index in [-0.39, 0.29) is 17.9 Å². The lowest BCUT2D eigenvalue weighted by Gasteiger charge is -2.29. The highest BCUT2D eigenvalue weighted by Gasteiger charge is 2.26. The molecule has 0 aliphatic carbocycles. The molecular weight excluding hydrogens is 436 g/mol. The molecule has 2 N–H and O–H groups in total. The largest absolute Gasteiger partial charge is 0.346 e. The van der Waals surface area contributed by atoms with E-state index in [9.17, 15) is 4.79 Å². The van der Waals surface area contributed by atoms with E-state index in [1.807, 2.05) is 41.6 Å². The van der Waals surface area contributed by atoms with Crippen molar-refractivity contribution in [3.63, 3.8) is 0 Å². The van der Waals surface area contributed by atoms with Gasteiger partial charge in [0.25, 0.3) is 5.91 Å². The standard InChI is InChI=1S/C28H26N6O/c1-19-24(20-2-4-22(5-3-20)28(35)33-16-14-29-15-17-33)8-9-26-32-18-23(34(19)26)7-6-21-10-12-30-27-25(21)11-13-31-27/h2-5,8-13,18-19,24,29H,14-17H2,1H3,(H,30,31). The Morgan fingerprint density at radius 1 is 1.06 bits per heavy atom. The molecular formula is C28H26N6O. The molecule has 174 valence electrons. The van der Waals surface area contributed by atoms with Gasteiger partial charge in [0.1, 0.15) is 17.2 Å². The molecule has 6 rings (SSSR count). The van der Waals surface area contributed by atoms with Gasteiger partial charge in [0.05, 0.1) is 6.20 Å². The third-order valence-corrected chi connectivity index (χ3v) is 6.94. The summed E-state index contributed by atoms with van der Waals surface area (Å²) >= 11 is 0. The Kier molecular flexibility index (Phi) is 5.44. The Balaban J connectivity index is 1.25. The molecule has 0 saturated carbocycles. The second-order valence-corrected chi connectivity index (χ2v) is 9.01. The fourth-order valence-corrected chi connectivity index (χ4v) is 5.02. The average molecular weight is 463 g/mol. The summed E-state index contributed by atoms with van der Waals surface area (Å²) in [5.41, 5.74) is 4.57. The fourth-order valence-electron chi connectivity index (χ4n) is 5.02. The molecule has 2 aliphatic rings. The zero-order chi connectivity index (χ0) is 23.8. The third kappa shape index (κ3) is 3.92. The zero-order valence-corrected chi connectivity index (χ0v) is 19.5. The number of pyridine rings is 1. The lowest BCUT2D eigenvalue weighted by Crippen LogP contribution is -2.46. The van der Waals surface area contributed by atoms with Gasteiger partial charge in [0.15, 0.2) is 0 Å². The Hall–Kier alpha value is -4.15. The molecule has 1 aromatic carbocycles. The molecule has 2 unspecified atom stereocenters. The van der Waals surface area contributed by atoms with Crippen LogP contribution in [0.25, 0.3) is 17.1 Å². The normalized spacial score (nSPS) is 19.3. The van der Waals surface area contributed by atoms with Gasteiger partial charge < -0.3 is 19.8 Å². The Morgan fingerprint density at radius 3 is 2.71 bits per heavy atom. The minimum absolute atomic E-state index is 0.104. The minimum Gasteiger partial charge on any atom is -0.346 e. The molecule has 7 nitrogen and oxygen atoms in total. The summed E-state index contributed by atoms with van der Waals surface area (Å²) in [6.07, 6.45) is 9.75. The number of allylic oxidation sites excluding steroid dienone is 1. The lowest BCUT2D eigenvalue weighted by atomic mass is 9.89. The van der Waals surface area contributed by atoms with Crippen molar-refractivity contribution < 1.29 is 4.79 Å². The maximum Gasteiger partial charge on any atom is 0.253 e. The van der Waals surface area contributed by atoms with Gasteiger partial charge in [-0.15, -0.1) is 0 Å². The number of H-pyrrole nitrogens is 1. The number of nitrogens with zero attached hydrogens (tertiary/aromatic N) is 4. The first-order valence-electron chi connectivity index (χ1n) is 12.0. The maximum absolute atomic E-state index is 12.8. The molecule has 5 heterocycles. The van der Waals surface area contributed by atoms with Crippen LogP contribution in [-0.4, -0.2) is 56.5 Å². The van der Waals surface area contributed by atoms with Crippen LogP contribution in [0.3, 0.4) is 0 Å². The molecule has 7 heteroatoms. The van der Waals surface area contributed by atoms with Gasteiger partial charge in [0.2, 0.25) is 0 Å². The maximum atomic E-state index is 12.8. The average Bonchev–Trinajstić information content (AvgIpc) is 3.56. The highest BCUT2D eigenvalue weighted by Crippen LogP contribution is 2.36. The summed E-state index contributed by atoms with van der Waals surface area (Å²) in [6.45, 7) is 5.41. The predicted octanol–water partition coefficient (Wildman–Crippen LogP) is 3.58. The van der Waals surface area contributed by atoms with Crippen LogP contribution in [0.1, 0.15) is 51.9 Å². The number of piperazine rings is 1. The van der Waals surface area contributed by atoms with E-state index in [1.165, 1.54) is 5.56 Å². The smallest absolute Gasteiger partial charge is 0.253 e. The van der Waals surface area contributed by atoms with E-state index in [0.29, 0.717) is 0 Å². The number of imidazole rings is 1. The molecule has 1 saturated heterocycles. The zero-order valence-electron chi connectivity index (χ0n) is 19.5. The number of carbonyl (C=O) groups is 1. The molecule has 2 atom stereocenters. The van der Waals surface area contributed by atoms with Crippen LogP contribution in [0.5, 0.6) is 0 Å². The number of fused-ring (bicyclic) bond motifs is 2. The van der Waals surface area contributed by atoms with Crippen LogP contribution in [0.15, 0.2) is 61.1 Å². The summed E-state index contributed by atoms with van der Waals surface area (Å²) in [7, 11) is 0. The minimum atomic E-state index is 0.104. The number of hydrogen-bond donors (Lipinski definition) is 2. The van der Waals surface area contributed by atoms with Gasteiger partial charge in [-0.2, -0.15) is 0 Å². The van der Waals surface area contributed by atoms with E-state index in [1.54, 1.807) is 6.20 Å². The molecule has 1 fully saturated rings. The summed E-state index contributed by atoms with van der Waals surface area (Å²) in [5.74, 6) is 7.82. The van der Waals surface area contributed by atoms with Crippen molar-refractivity contribution in [3.8, 4) is 11.8 Å². The topological polar surface area (TPSA) is 78.8 Å². The number of hydrogen-bond acceptors (Lipinski definition) is 4. The third-order valence-electron chi connectivity index (χ3n) is 6.94. The molecule has 4 aromatic rings. The van der Waals surface area contributed by atoms with Gasteiger partial charge >= 0.3 is 0 Å². The van der Waals surface area contributed by atoms with Crippen LogP contribution >= 0.6 is 0 Å². The van der Waals surface area contributed by atoms with Crippen LogP contribution in [0, 0.1) is 11.8 Å². The predicted molar refractivity (Wildman–Crippen MR) is 136 cm³/mol. The van der Waals surface area contributed by atoms with Crippen LogP contribution in [0.4, 0.5) is 0 Å². The number of carbonyl (C=O) groups excluding carboxylic acids is 1. The number of aromatic amines is 1. The number of benzene rings is 1. The van der Waals surface area contributed by atoms with Crippen molar-refractivity contribution in [1.82, 2.24) is 29.7 Å². The summed E-state index contributed by atoms with van der Waals surface area (Å²) in [5, 5.41) is 4.30. The van der Waals surface area contributed by atoms with E-state index in [4.69, 9.17) is 0 Å². The van der Waals surface area contributed by atoms with Crippen molar-refractivity contribution in [1.29, 1.82) is 0 Å². The van der Waals surface area contributed by atoms with Crippen molar-refractivity contribution >= 4 is 23.0 Å². The van der Waals surface area contributed by atoms with E-state index >= 15 is 0 Å². The summed E-state index contributed by atoms with van der Waals surface area (Å²) < 4.78 is 2.20. The first-order chi connectivity index (χ1) is 17.2. The van der Waals surface area contributed by atoms with Crippen molar-refractivity contribution in [2.45, 2.75) is 18.9 Å². The number of nitrogens with one attached hydrogen (secondary N) is 2. The van der Waals surface area contributed by atoms with Gasteiger partial charge in [-0.05, 0) is 48.7 Å². The first kappa shape index (κ1) is 21.4. The van der Waals surface area contributed by atoms with E-state index in [0.717, 1.165) is 59.9 Å². The monoisotopic (exact) mass is 462 g/mol. The summed E-state index contributed by atoms with van der Waals surface area (Å²) in [6, 6.07) is 12.1. The second kappa shape index (κ2) is 8.90. The first-order valence-corrected chi connectivity index (χ1v) is 12.0. The van der Waals surface area contributed by atoms with Crippen molar-refractivity contribution in [3.05, 3.63) is 89.3 Å². The Bertz CT molecular complexity index is 1480. The molecule has 35 heavy (non-hydrogen) atoms. The number of amides is 1. The fraction of sp³-hybridized carbons (Fsp3) is 0.250. The molecule has 0 radical (unpaired) electrons. The van der Waals surface area contributed by atoms with Crippen molar-refractivity contribution in [2.75, 3.05) is 26.2 Å². The highest BCUT2D eigenvalue weighted by atomic mass is 16.2. The van der Waals surface area contributed by atoms with Crippen LogP contribution < -0.4 is 5.32 Å². The van der Waals surface area contributed by atoms with Crippen molar-refractivity contribution in [2.24, 2.45) is 0 Å². The number of aromatic nitrogens is 4. The Labute approximate surface area is 203 Å². The van der Waals surface area contributed by atoms with Crippen LogP contribution in [0.2, 0.25) is 0 Å². The highest BCUT2D eigenvalue weighted by molar-refractivity contribution is 5.94. The second-order valence-electron chi connectivity index (χ2n) is 9.01. The van der Waals surface area contributed by atoms with Gasteiger partial charge in [-0.25, -0.2) is 9.97 Å². The van der Waals surface area contributed by atoms with E-state index < -0.39 is 0 Å². The Morgan fingerprint density at radius 2 is 1.89 bits per heavy atom. The molecule has 2 aliphatic heterocycles. The number of rotatable bonds is 2. The molecule has 0 spiro atoms. The SMILES string of the molecule is CC1C(c2ccc(C(=O)N3CCNCC3)cc2)C=Cc2ncc(C#Cc3ccnc4[nH]ccc34)n21. The van der Waals surface area contributed by atoms with Gasteiger partial charge in [-0.3, -0.25) is 4.79 Å². The van der Waals surface area contributed by atoms with Gasteiger partial charge in [0, 0.05) is 67.0 Å². The quantitative estimate of drug-likeness (QED) is 0.447.